The van der Waals surface area contributed by atoms with E-state index in [9.17, 15) is 0 Å². The Hall–Kier alpha value is -1.61. The van der Waals surface area contributed by atoms with Gasteiger partial charge in [0.2, 0.25) is 0 Å². The lowest BCUT2D eigenvalue weighted by Gasteiger charge is -2.30. The minimum absolute atomic E-state index is 0.0230. The summed E-state index contributed by atoms with van der Waals surface area (Å²) in [5, 5.41) is 4.39. The van der Waals surface area contributed by atoms with Gasteiger partial charge in [-0.3, -0.25) is 0 Å². The molecule has 0 aliphatic carbocycles. The number of nitrogens with two attached hydrogens (primary N) is 1. The van der Waals surface area contributed by atoms with Gasteiger partial charge in [0.1, 0.15) is 0 Å². The Bertz CT molecular complexity index is 499. The van der Waals surface area contributed by atoms with E-state index < -0.39 is 0 Å². The van der Waals surface area contributed by atoms with Gasteiger partial charge < -0.3 is 5.73 Å². The number of aromatic nitrogens is 2. The Morgan fingerprint density at radius 2 is 1.89 bits per heavy atom. The molecule has 1 atom stereocenters. The minimum Gasteiger partial charge on any atom is -0.322 e. The number of hydrogen-bond acceptors (Lipinski definition) is 2. The molecule has 0 aliphatic rings. The number of benzene rings is 1. The first-order valence-corrected chi connectivity index (χ1v) is 6.41. The van der Waals surface area contributed by atoms with E-state index in [0.717, 1.165) is 17.8 Å². The molecule has 96 valence electrons. The van der Waals surface area contributed by atoms with Crippen LogP contribution in [0, 0.1) is 5.41 Å². The maximum absolute atomic E-state index is 6.41. The molecular weight excluding hydrogens is 222 g/mol. The highest BCUT2D eigenvalue weighted by Crippen LogP contribution is 2.34. The first kappa shape index (κ1) is 12.8. The van der Waals surface area contributed by atoms with Gasteiger partial charge in [0, 0.05) is 6.20 Å². The number of nitrogens with zero attached hydrogens (tertiary/aromatic N) is 2. The zero-order valence-electron chi connectivity index (χ0n) is 11.3. The van der Waals surface area contributed by atoms with E-state index in [0.29, 0.717) is 0 Å². The summed E-state index contributed by atoms with van der Waals surface area (Å²) in [5.74, 6) is 0. The van der Waals surface area contributed by atoms with E-state index in [1.54, 1.807) is 0 Å². The van der Waals surface area contributed by atoms with Gasteiger partial charge >= 0.3 is 0 Å². The summed E-state index contributed by atoms with van der Waals surface area (Å²) in [5.41, 5.74) is 8.59. The normalized spacial score (nSPS) is 13.6. The van der Waals surface area contributed by atoms with Crippen LogP contribution in [-0.2, 0) is 0 Å². The van der Waals surface area contributed by atoms with Crippen molar-refractivity contribution in [3.63, 3.8) is 0 Å². The fourth-order valence-corrected chi connectivity index (χ4v) is 1.95. The first-order chi connectivity index (χ1) is 8.56. The third-order valence-electron chi connectivity index (χ3n) is 3.74. The highest BCUT2D eigenvalue weighted by Gasteiger charge is 2.28. The molecule has 0 fully saturated rings. The molecular formula is C15H21N3. The monoisotopic (exact) mass is 243 g/mol. The highest BCUT2D eigenvalue weighted by molar-refractivity contribution is 5.33. The van der Waals surface area contributed by atoms with Crippen molar-refractivity contribution < 1.29 is 0 Å². The molecule has 0 radical (unpaired) electrons. The molecule has 0 saturated heterocycles. The van der Waals surface area contributed by atoms with Gasteiger partial charge in [0.25, 0.3) is 0 Å². The van der Waals surface area contributed by atoms with E-state index in [1.165, 1.54) is 0 Å². The Morgan fingerprint density at radius 1 is 1.22 bits per heavy atom. The van der Waals surface area contributed by atoms with Crippen LogP contribution in [0.15, 0.2) is 42.6 Å². The lowest BCUT2D eigenvalue weighted by Crippen LogP contribution is -2.30. The summed E-state index contributed by atoms with van der Waals surface area (Å²) < 4.78 is 1.93. The SMILES string of the molecule is CCC(C)(C)C(N)c1ccnn1-c1ccccc1. The molecule has 2 N–H and O–H groups in total. The highest BCUT2D eigenvalue weighted by atomic mass is 15.3. The van der Waals surface area contributed by atoms with E-state index in [-0.39, 0.29) is 11.5 Å². The molecule has 1 unspecified atom stereocenters. The van der Waals surface area contributed by atoms with Crippen molar-refractivity contribution in [2.45, 2.75) is 33.2 Å². The number of rotatable bonds is 4. The van der Waals surface area contributed by atoms with Crippen LogP contribution in [0.4, 0.5) is 0 Å². The second-order valence-electron chi connectivity index (χ2n) is 5.32. The largest absolute Gasteiger partial charge is 0.322 e. The van der Waals surface area contributed by atoms with Crippen LogP contribution in [-0.4, -0.2) is 9.78 Å². The van der Waals surface area contributed by atoms with Crippen LogP contribution in [0.25, 0.3) is 5.69 Å². The van der Waals surface area contributed by atoms with E-state index in [1.807, 2.05) is 47.3 Å². The maximum atomic E-state index is 6.41. The third kappa shape index (κ3) is 2.31. The van der Waals surface area contributed by atoms with Crippen LogP contribution >= 0.6 is 0 Å². The molecule has 1 aromatic heterocycles. The zero-order valence-corrected chi connectivity index (χ0v) is 11.3. The van der Waals surface area contributed by atoms with Gasteiger partial charge in [-0.25, -0.2) is 4.68 Å². The van der Waals surface area contributed by atoms with Crippen molar-refractivity contribution in [1.82, 2.24) is 9.78 Å². The van der Waals surface area contributed by atoms with Crippen molar-refractivity contribution >= 4 is 0 Å². The second-order valence-corrected chi connectivity index (χ2v) is 5.32. The van der Waals surface area contributed by atoms with Crippen molar-refractivity contribution in [1.29, 1.82) is 0 Å². The standard InChI is InChI=1S/C15H21N3/c1-4-15(2,3)14(16)13-10-11-17-18(13)12-8-6-5-7-9-12/h5-11,14H,4,16H2,1-3H3. The van der Waals surface area contributed by atoms with Gasteiger partial charge in [-0.2, -0.15) is 5.10 Å². The summed E-state index contributed by atoms with van der Waals surface area (Å²) in [4.78, 5) is 0. The fourth-order valence-electron chi connectivity index (χ4n) is 1.95. The van der Waals surface area contributed by atoms with E-state index in [2.05, 4.69) is 25.9 Å². The number of para-hydroxylation sites is 1. The lowest BCUT2D eigenvalue weighted by atomic mass is 9.81. The molecule has 3 nitrogen and oxygen atoms in total. The van der Waals surface area contributed by atoms with Crippen LogP contribution < -0.4 is 5.73 Å². The molecule has 18 heavy (non-hydrogen) atoms. The van der Waals surface area contributed by atoms with Gasteiger partial charge in [-0.05, 0) is 30.0 Å². The van der Waals surface area contributed by atoms with Crippen molar-refractivity contribution in [2.75, 3.05) is 0 Å². The minimum atomic E-state index is -0.0230. The molecule has 0 saturated carbocycles. The van der Waals surface area contributed by atoms with E-state index >= 15 is 0 Å². The molecule has 1 aromatic carbocycles. The average Bonchev–Trinajstić information content (AvgIpc) is 2.87. The zero-order chi connectivity index (χ0) is 13.2. The predicted octanol–water partition coefficient (Wildman–Crippen LogP) is 3.31. The lowest BCUT2D eigenvalue weighted by molar-refractivity contribution is 0.270. The molecule has 0 aliphatic heterocycles. The first-order valence-electron chi connectivity index (χ1n) is 6.41. The Balaban J connectivity index is 2.40. The quantitative estimate of drug-likeness (QED) is 0.895. The molecule has 0 spiro atoms. The van der Waals surface area contributed by atoms with Gasteiger partial charge in [-0.15, -0.1) is 0 Å². The summed E-state index contributed by atoms with van der Waals surface area (Å²) in [7, 11) is 0. The van der Waals surface area contributed by atoms with Crippen LogP contribution in [0.5, 0.6) is 0 Å². The van der Waals surface area contributed by atoms with Crippen molar-refractivity contribution in [3.05, 3.63) is 48.3 Å². The van der Waals surface area contributed by atoms with Crippen molar-refractivity contribution in [2.24, 2.45) is 11.1 Å². The van der Waals surface area contributed by atoms with Crippen LogP contribution in [0.3, 0.4) is 0 Å². The van der Waals surface area contributed by atoms with Gasteiger partial charge in [-0.1, -0.05) is 39.0 Å². The summed E-state index contributed by atoms with van der Waals surface area (Å²) in [6, 6.07) is 12.1. The Morgan fingerprint density at radius 3 is 2.50 bits per heavy atom. The Kier molecular flexibility index (Phi) is 3.53. The maximum Gasteiger partial charge on any atom is 0.0649 e. The summed E-state index contributed by atoms with van der Waals surface area (Å²) in [6.45, 7) is 6.56. The number of hydrogen-bond donors (Lipinski definition) is 1. The van der Waals surface area contributed by atoms with E-state index in [4.69, 9.17) is 5.73 Å². The average molecular weight is 243 g/mol. The van der Waals surface area contributed by atoms with Gasteiger partial charge in [0.05, 0.1) is 17.4 Å². The fraction of sp³-hybridized carbons (Fsp3) is 0.400. The predicted molar refractivity (Wildman–Crippen MR) is 74.6 cm³/mol. The molecule has 1 heterocycles. The third-order valence-corrected chi connectivity index (χ3v) is 3.74. The summed E-state index contributed by atoms with van der Waals surface area (Å²) in [6.07, 6.45) is 2.85. The van der Waals surface area contributed by atoms with Crippen molar-refractivity contribution in [3.8, 4) is 5.69 Å². The summed E-state index contributed by atoms with van der Waals surface area (Å²) >= 11 is 0. The topological polar surface area (TPSA) is 43.8 Å². The van der Waals surface area contributed by atoms with Crippen LogP contribution in [0.2, 0.25) is 0 Å². The molecule has 2 aromatic rings. The van der Waals surface area contributed by atoms with Gasteiger partial charge in [0.15, 0.2) is 0 Å². The van der Waals surface area contributed by atoms with Crippen LogP contribution in [0.1, 0.15) is 38.9 Å². The Labute approximate surface area is 109 Å². The smallest absolute Gasteiger partial charge is 0.0649 e. The molecule has 0 amide bonds. The molecule has 2 rings (SSSR count). The molecule has 3 heteroatoms. The molecule has 0 bridgehead atoms. The second kappa shape index (κ2) is 4.94.